The van der Waals surface area contributed by atoms with E-state index in [9.17, 15) is 0 Å². The molecule has 0 saturated heterocycles. The van der Waals surface area contributed by atoms with E-state index < -0.39 is 6.15 Å². The summed E-state index contributed by atoms with van der Waals surface area (Å²) in [6.45, 7) is 8.75. The van der Waals surface area contributed by atoms with Crippen LogP contribution in [0, 0.1) is 27.7 Å². The number of hydrogen-bond acceptors (Lipinski definition) is 0. The monoisotopic (exact) mass is 466 g/mol. The Labute approximate surface area is 217 Å². The highest BCUT2D eigenvalue weighted by atomic mass is 14.1. The average molecular weight is 466 g/mol. The Morgan fingerprint density at radius 2 is 0.694 bits per heavy atom. The lowest BCUT2D eigenvalue weighted by Gasteiger charge is -2.45. The average Bonchev–Trinajstić information content (AvgIpc) is 3.19. The van der Waals surface area contributed by atoms with Gasteiger partial charge in [0.25, 0.3) is 0 Å². The summed E-state index contributed by atoms with van der Waals surface area (Å²) in [5, 5.41) is 0. The van der Waals surface area contributed by atoms with E-state index in [0.29, 0.717) is 0 Å². The number of benzene rings is 4. The molecule has 0 bridgehead atoms. The highest BCUT2D eigenvalue weighted by molar-refractivity contribution is 7.19. The minimum absolute atomic E-state index is 1.29. The second kappa shape index (κ2) is 11.6. The molecule has 0 N–H and O–H groups in total. The third-order valence-corrected chi connectivity index (χ3v) is 6.95. The van der Waals surface area contributed by atoms with Gasteiger partial charge >= 0.3 is 0 Å². The Bertz CT molecular complexity index is 1200. The maximum Gasteiger partial charge on any atom is 0.108 e. The van der Waals surface area contributed by atoms with E-state index >= 15 is 0 Å². The van der Waals surface area contributed by atoms with Gasteiger partial charge in [-0.15, -0.1) is 0 Å². The standard InChI is InChI=1S/C28H28B.C7H7/c1-21-9-5-13-25(17-21)29(26-14-6-10-22(2)18-26,27-15-7-11-23(3)19-27)28-16-8-12-24(4)20-28;1-2-4-6-7-5-3-1/h5-20H,1-4H3;1-7H/q-1;+1. The van der Waals surface area contributed by atoms with Gasteiger partial charge in [0.15, 0.2) is 0 Å². The molecule has 0 aliphatic heterocycles. The maximum absolute atomic E-state index is 2.37. The molecule has 0 atom stereocenters. The molecular weight excluding hydrogens is 431 g/mol. The first-order chi connectivity index (χ1) is 17.5. The summed E-state index contributed by atoms with van der Waals surface area (Å²) in [6.07, 6.45) is -1.29. The molecule has 0 fully saturated rings. The summed E-state index contributed by atoms with van der Waals surface area (Å²) in [6, 6.07) is 50.2. The van der Waals surface area contributed by atoms with Crippen LogP contribution in [0.15, 0.2) is 140 Å². The van der Waals surface area contributed by atoms with Crippen LogP contribution in [0.2, 0.25) is 0 Å². The van der Waals surface area contributed by atoms with Crippen LogP contribution in [0.1, 0.15) is 22.3 Å². The van der Waals surface area contributed by atoms with Gasteiger partial charge in [0, 0.05) is 42.5 Å². The van der Waals surface area contributed by atoms with Crippen LogP contribution < -0.4 is 21.9 Å². The molecule has 0 unspecified atom stereocenters. The molecule has 5 aromatic rings. The van der Waals surface area contributed by atoms with Gasteiger partial charge in [-0.3, -0.25) is 0 Å². The van der Waals surface area contributed by atoms with Gasteiger partial charge in [-0.1, -0.05) is 119 Å². The zero-order chi connectivity index (χ0) is 25.4. The van der Waals surface area contributed by atoms with Gasteiger partial charge < -0.3 is 0 Å². The Balaban J connectivity index is 0.000000375. The second-order valence-electron chi connectivity index (χ2n) is 9.87. The third kappa shape index (κ3) is 5.63. The van der Waals surface area contributed by atoms with Crippen LogP contribution >= 0.6 is 0 Å². The smallest absolute Gasteiger partial charge is 0.108 e. The molecule has 0 heterocycles. The van der Waals surface area contributed by atoms with Gasteiger partial charge in [0.05, 0.1) is 0 Å². The molecule has 1 heteroatoms. The summed E-state index contributed by atoms with van der Waals surface area (Å²) >= 11 is 0. The molecule has 0 nitrogen and oxygen atoms in total. The number of hydrogen-bond donors (Lipinski definition) is 0. The SMILES string of the molecule is Cc1cccc([B-](c2cccc(C)c2)(c2cccc(C)c2)c2cccc(C)c2)c1.c1ccc[cH+]cc1. The van der Waals surface area contributed by atoms with Gasteiger partial charge in [-0.2, -0.15) is 21.9 Å². The fourth-order valence-electron chi connectivity index (χ4n) is 5.36. The molecule has 0 saturated carbocycles. The van der Waals surface area contributed by atoms with Gasteiger partial charge in [-0.05, 0) is 27.7 Å². The van der Waals surface area contributed by atoms with Gasteiger partial charge in [-0.25, -0.2) is 0 Å². The first-order valence-electron chi connectivity index (χ1n) is 12.8. The summed E-state index contributed by atoms with van der Waals surface area (Å²) in [7, 11) is 0. The number of rotatable bonds is 4. The largest absolute Gasteiger partial charge is 0.195 e. The minimum atomic E-state index is -1.29. The van der Waals surface area contributed by atoms with Crippen LogP contribution in [0.3, 0.4) is 0 Å². The Morgan fingerprint density at radius 1 is 0.389 bits per heavy atom. The molecule has 5 rings (SSSR count). The topological polar surface area (TPSA) is 0 Å². The summed E-state index contributed by atoms with van der Waals surface area (Å²) in [5.74, 6) is 0. The maximum atomic E-state index is 2.37. The summed E-state index contributed by atoms with van der Waals surface area (Å²) in [4.78, 5) is 0. The van der Waals surface area contributed by atoms with Crippen molar-refractivity contribution < 1.29 is 0 Å². The van der Waals surface area contributed by atoms with Crippen molar-refractivity contribution in [2.45, 2.75) is 27.7 Å². The van der Waals surface area contributed by atoms with Crippen molar-refractivity contribution >= 4 is 28.0 Å². The van der Waals surface area contributed by atoms with E-state index in [1.165, 1.54) is 44.1 Å². The Morgan fingerprint density at radius 3 is 0.972 bits per heavy atom. The molecule has 0 radical (unpaired) electrons. The molecule has 0 amide bonds. The zero-order valence-corrected chi connectivity index (χ0v) is 21.9. The molecule has 0 aliphatic carbocycles. The summed E-state index contributed by atoms with van der Waals surface area (Å²) in [5.41, 5.74) is 10.6. The highest BCUT2D eigenvalue weighted by Crippen LogP contribution is 2.13. The predicted octanol–water partition coefficient (Wildman–Crippen LogP) is 6.27. The van der Waals surface area contributed by atoms with E-state index in [4.69, 9.17) is 0 Å². The van der Waals surface area contributed by atoms with Crippen molar-refractivity contribution in [1.29, 1.82) is 0 Å². The van der Waals surface area contributed by atoms with E-state index in [1.807, 2.05) is 42.5 Å². The zero-order valence-electron chi connectivity index (χ0n) is 21.9. The van der Waals surface area contributed by atoms with Gasteiger partial charge in [0.1, 0.15) is 6.15 Å². The van der Waals surface area contributed by atoms with Crippen molar-refractivity contribution in [2.75, 3.05) is 0 Å². The molecule has 0 aliphatic rings. The molecule has 178 valence electrons. The first-order valence-corrected chi connectivity index (χ1v) is 12.8. The Kier molecular flexibility index (Phi) is 8.13. The van der Waals surface area contributed by atoms with Crippen LogP contribution in [0.25, 0.3) is 0 Å². The highest BCUT2D eigenvalue weighted by Gasteiger charge is 2.32. The third-order valence-electron chi connectivity index (χ3n) is 6.95. The van der Waals surface area contributed by atoms with Crippen molar-refractivity contribution in [2.24, 2.45) is 0 Å². The molecule has 0 aromatic heterocycles. The first kappa shape index (κ1) is 25.1. The van der Waals surface area contributed by atoms with Crippen LogP contribution in [-0.4, -0.2) is 6.15 Å². The molecule has 5 aromatic carbocycles. The fourth-order valence-corrected chi connectivity index (χ4v) is 5.36. The van der Waals surface area contributed by atoms with Crippen LogP contribution in [-0.2, 0) is 0 Å². The van der Waals surface area contributed by atoms with E-state index in [-0.39, 0.29) is 0 Å². The second-order valence-corrected chi connectivity index (χ2v) is 9.87. The Hall–Kier alpha value is -3.97. The molecule has 36 heavy (non-hydrogen) atoms. The lowest BCUT2D eigenvalue weighted by atomic mass is 9.13. The summed E-state index contributed by atoms with van der Waals surface area (Å²) < 4.78 is 0. The lowest BCUT2D eigenvalue weighted by Crippen LogP contribution is -2.75. The number of aryl methyl sites for hydroxylation is 4. The minimum Gasteiger partial charge on any atom is -0.195 e. The molecule has 0 spiro atoms. The van der Waals surface area contributed by atoms with E-state index in [0.717, 1.165) is 0 Å². The van der Waals surface area contributed by atoms with Crippen LogP contribution in [0.5, 0.6) is 0 Å². The quantitative estimate of drug-likeness (QED) is 0.217. The van der Waals surface area contributed by atoms with E-state index in [1.54, 1.807) is 0 Å². The molecular formula is C35H35B. The van der Waals surface area contributed by atoms with E-state index in [2.05, 4.69) is 125 Å². The van der Waals surface area contributed by atoms with Crippen LogP contribution in [0.4, 0.5) is 0 Å². The van der Waals surface area contributed by atoms with Crippen molar-refractivity contribution in [1.82, 2.24) is 0 Å². The lowest BCUT2D eigenvalue weighted by molar-refractivity contribution is 1.46. The van der Waals surface area contributed by atoms with Gasteiger partial charge in [0.2, 0.25) is 0 Å². The predicted molar refractivity (Wildman–Crippen MR) is 160 cm³/mol. The van der Waals surface area contributed by atoms with Crippen molar-refractivity contribution in [3.8, 4) is 0 Å². The fraction of sp³-hybridized carbons (Fsp3) is 0.114. The van der Waals surface area contributed by atoms with Crippen molar-refractivity contribution in [3.63, 3.8) is 0 Å². The van der Waals surface area contributed by atoms with Crippen molar-refractivity contribution in [3.05, 3.63) is 162 Å². The normalized spacial score (nSPS) is 10.8.